The topological polar surface area (TPSA) is 72.9 Å². The summed E-state index contributed by atoms with van der Waals surface area (Å²) in [6.45, 7) is 0.566. The van der Waals surface area contributed by atoms with Crippen molar-refractivity contribution in [3.63, 3.8) is 0 Å². The maximum Gasteiger partial charge on any atom is 0.224 e. The lowest BCUT2D eigenvalue weighted by Crippen LogP contribution is -2.39. The first-order chi connectivity index (χ1) is 10.2. The molecule has 5 heteroatoms. The first kappa shape index (κ1) is 13.8. The zero-order valence-electron chi connectivity index (χ0n) is 11.9. The van der Waals surface area contributed by atoms with E-state index in [-0.39, 0.29) is 11.9 Å². The van der Waals surface area contributed by atoms with E-state index >= 15 is 0 Å². The van der Waals surface area contributed by atoms with Crippen LogP contribution in [0.25, 0.3) is 5.69 Å². The van der Waals surface area contributed by atoms with E-state index in [4.69, 9.17) is 5.73 Å². The SMILES string of the molecule is NC(CNC(=O)Cc1cnn(-c2ccccc2)c1)C1CC1. The Morgan fingerprint density at radius 2 is 2.14 bits per heavy atom. The number of amides is 1. The molecule has 110 valence electrons. The zero-order valence-corrected chi connectivity index (χ0v) is 11.9. The van der Waals surface area contributed by atoms with Crippen molar-refractivity contribution in [1.29, 1.82) is 0 Å². The van der Waals surface area contributed by atoms with Crippen LogP contribution < -0.4 is 11.1 Å². The Kier molecular flexibility index (Phi) is 4.01. The smallest absolute Gasteiger partial charge is 0.224 e. The van der Waals surface area contributed by atoms with Gasteiger partial charge in [0.1, 0.15) is 0 Å². The molecule has 21 heavy (non-hydrogen) atoms. The molecule has 1 aliphatic carbocycles. The summed E-state index contributed by atoms with van der Waals surface area (Å²) in [4.78, 5) is 11.9. The number of hydrogen-bond donors (Lipinski definition) is 2. The number of para-hydroxylation sites is 1. The molecule has 5 nitrogen and oxygen atoms in total. The Morgan fingerprint density at radius 3 is 2.86 bits per heavy atom. The minimum Gasteiger partial charge on any atom is -0.354 e. The highest BCUT2D eigenvalue weighted by atomic mass is 16.1. The van der Waals surface area contributed by atoms with Crippen LogP contribution in [0.2, 0.25) is 0 Å². The van der Waals surface area contributed by atoms with Gasteiger partial charge in [-0.3, -0.25) is 4.79 Å². The second kappa shape index (κ2) is 6.10. The molecule has 1 fully saturated rings. The number of rotatable bonds is 6. The predicted octanol–water partition coefficient (Wildman–Crippen LogP) is 1.27. The van der Waals surface area contributed by atoms with Crippen molar-refractivity contribution < 1.29 is 4.79 Å². The second-order valence-electron chi connectivity index (χ2n) is 5.61. The number of aromatic nitrogens is 2. The van der Waals surface area contributed by atoms with E-state index in [2.05, 4.69) is 10.4 Å². The number of nitrogens with two attached hydrogens (primary N) is 1. The van der Waals surface area contributed by atoms with E-state index in [0.29, 0.717) is 18.9 Å². The van der Waals surface area contributed by atoms with Crippen molar-refractivity contribution in [1.82, 2.24) is 15.1 Å². The van der Waals surface area contributed by atoms with E-state index in [1.54, 1.807) is 10.9 Å². The van der Waals surface area contributed by atoms with Crippen molar-refractivity contribution in [2.75, 3.05) is 6.54 Å². The largest absolute Gasteiger partial charge is 0.354 e. The molecule has 0 saturated heterocycles. The van der Waals surface area contributed by atoms with E-state index in [9.17, 15) is 4.79 Å². The van der Waals surface area contributed by atoms with Gasteiger partial charge in [-0.2, -0.15) is 5.10 Å². The molecule has 0 aliphatic heterocycles. The third-order valence-electron chi connectivity index (χ3n) is 3.78. The normalized spacial score (nSPS) is 15.7. The Hall–Kier alpha value is -2.14. The van der Waals surface area contributed by atoms with Gasteiger partial charge >= 0.3 is 0 Å². The number of carbonyl (C=O) groups excluding carboxylic acids is 1. The zero-order chi connectivity index (χ0) is 14.7. The number of nitrogens with one attached hydrogen (secondary N) is 1. The van der Waals surface area contributed by atoms with Gasteiger partial charge in [-0.05, 0) is 36.5 Å². The monoisotopic (exact) mass is 284 g/mol. The van der Waals surface area contributed by atoms with Crippen LogP contribution in [0.3, 0.4) is 0 Å². The van der Waals surface area contributed by atoms with Gasteiger partial charge in [0.25, 0.3) is 0 Å². The Bertz CT molecular complexity index is 604. The molecular weight excluding hydrogens is 264 g/mol. The highest BCUT2D eigenvalue weighted by Crippen LogP contribution is 2.31. The quantitative estimate of drug-likeness (QED) is 0.839. The predicted molar refractivity (Wildman–Crippen MR) is 81.0 cm³/mol. The van der Waals surface area contributed by atoms with E-state index in [1.165, 1.54) is 12.8 Å². The summed E-state index contributed by atoms with van der Waals surface area (Å²) in [6.07, 6.45) is 6.34. The van der Waals surface area contributed by atoms with Crippen LogP contribution in [0, 0.1) is 5.92 Å². The van der Waals surface area contributed by atoms with Gasteiger partial charge in [0, 0.05) is 18.8 Å². The standard InChI is InChI=1S/C16H20N4O/c17-15(13-6-7-13)10-18-16(21)8-12-9-19-20(11-12)14-4-2-1-3-5-14/h1-5,9,11,13,15H,6-8,10,17H2,(H,18,21). The molecule has 1 aliphatic rings. The minimum atomic E-state index is -0.00119. The van der Waals surface area contributed by atoms with E-state index < -0.39 is 0 Å². The van der Waals surface area contributed by atoms with Crippen molar-refractivity contribution >= 4 is 5.91 Å². The Balaban J connectivity index is 1.53. The molecule has 3 rings (SSSR count). The summed E-state index contributed by atoms with van der Waals surface area (Å²) >= 11 is 0. The summed E-state index contributed by atoms with van der Waals surface area (Å²) in [6, 6.07) is 9.94. The van der Waals surface area contributed by atoms with Crippen molar-refractivity contribution in [3.8, 4) is 5.69 Å². The molecule has 0 radical (unpaired) electrons. The van der Waals surface area contributed by atoms with Gasteiger partial charge in [0.2, 0.25) is 5.91 Å². The lowest BCUT2D eigenvalue weighted by molar-refractivity contribution is -0.120. The first-order valence-corrected chi connectivity index (χ1v) is 7.33. The van der Waals surface area contributed by atoms with Crippen LogP contribution >= 0.6 is 0 Å². The molecule has 2 aromatic rings. The van der Waals surface area contributed by atoms with Crippen molar-refractivity contribution in [2.45, 2.75) is 25.3 Å². The Morgan fingerprint density at radius 1 is 1.38 bits per heavy atom. The first-order valence-electron chi connectivity index (χ1n) is 7.33. The minimum absolute atomic E-state index is 0.00119. The number of nitrogens with zero attached hydrogens (tertiary/aromatic N) is 2. The number of carbonyl (C=O) groups is 1. The second-order valence-corrected chi connectivity index (χ2v) is 5.61. The van der Waals surface area contributed by atoms with Gasteiger partial charge in [0.15, 0.2) is 0 Å². The van der Waals surface area contributed by atoms with Crippen LogP contribution in [0.4, 0.5) is 0 Å². The molecule has 3 N–H and O–H groups in total. The van der Waals surface area contributed by atoms with Gasteiger partial charge < -0.3 is 11.1 Å². The molecule has 1 heterocycles. The van der Waals surface area contributed by atoms with Crippen LogP contribution in [-0.4, -0.2) is 28.3 Å². The molecule has 1 saturated carbocycles. The third kappa shape index (κ3) is 3.70. The highest BCUT2D eigenvalue weighted by molar-refractivity contribution is 5.78. The molecule has 1 aromatic heterocycles. The van der Waals surface area contributed by atoms with Crippen LogP contribution in [0.5, 0.6) is 0 Å². The lowest BCUT2D eigenvalue weighted by Gasteiger charge is -2.10. The molecule has 1 aromatic carbocycles. The summed E-state index contributed by atoms with van der Waals surface area (Å²) in [5, 5.41) is 7.19. The molecular formula is C16H20N4O. The summed E-state index contributed by atoms with van der Waals surface area (Å²) in [5.74, 6) is 0.602. The van der Waals surface area contributed by atoms with Crippen molar-refractivity contribution in [2.24, 2.45) is 11.7 Å². The average Bonchev–Trinajstić information content (AvgIpc) is 3.26. The van der Waals surface area contributed by atoms with E-state index in [1.807, 2.05) is 36.5 Å². The number of benzene rings is 1. The fraction of sp³-hybridized carbons (Fsp3) is 0.375. The van der Waals surface area contributed by atoms with Crippen molar-refractivity contribution in [3.05, 3.63) is 48.3 Å². The Labute approximate surface area is 124 Å². The van der Waals surface area contributed by atoms with Crippen LogP contribution in [-0.2, 0) is 11.2 Å². The van der Waals surface area contributed by atoms with Gasteiger partial charge in [-0.15, -0.1) is 0 Å². The van der Waals surface area contributed by atoms with Gasteiger partial charge in [0.05, 0.1) is 18.3 Å². The molecule has 0 spiro atoms. The highest BCUT2D eigenvalue weighted by Gasteiger charge is 2.28. The lowest BCUT2D eigenvalue weighted by atomic mass is 10.2. The summed E-state index contributed by atoms with van der Waals surface area (Å²) in [7, 11) is 0. The molecule has 1 atom stereocenters. The summed E-state index contributed by atoms with van der Waals surface area (Å²) < 4.78 is 1.78. The van der Waals surface area contributed by atoms with E-state index in [0.717, 1.165) is 11.3 Å². The summed E-state index contributed by atoms with van der Waals surface area (Å²) in [5.41, 5.74) is 7.86. The fourth-order valence-corrected chi connectivity index (χ4v) is 2.34. The van der Waals surface area contributed by atoms with Gasteiger partial charge in [-0.25, -0.2) is 4.68 Å². The van der Waals surface area contributed by atoms with Crippen LogP contribution in [0.1, 0.15) is 18.4 Å². The van der Waals surface area contributed by atoms with Gasteiger partial charge in [-0.1, -0.05) is 18.2 Å². The van der Waals surface area contributed by atoms with Crippen LogP contribution in [0.15, 0.2) is 42.7 Å². The molecule has 1 amide bonds. The maximum atomic E-state index is 11.9. The maximum absolute atomic E-state index is 11.9. The fourth-order valence-electron chi connectivity index (χ4n) is 2.34. The third-order valence-corrected chi connectivity index (χ3v) is 3.78. The molecule has 1 unspecified atom stereocenters. The average molecular weight is 284 g/mol. The number of hydrogen-bond acceptors (Lipinski definition) is 3. The molecule has 0 bridgehead atoms.